The van der Waals surface area contributed by atoms with Crippen molar-refractivity contribution in [2.45, 2.75) is 38.6 Å². The summed E-state index contributed by atoms with van der Waals surface area (Å²) in [6, 6.07) is 10.6. The molecule has 3 aromatic rings. The minimum atomic E-state index is -3.58. The lowest BCUT2D eigenvalue weighted by Gasteiger charge is -2.16. The van der Waals surface area contributed by atoms with E-state index < -0.39 is 27.4 Å². The molecule has 1 saturated carbocycles. The lowest BCUT2D eigenvalue weighted by atomic mass is 10.1. The number of rotatable bonds is 10. The van der Waals surface area contributed by atoms with Crippen LogP contribution in [-0.2, 0) is 16.4 Å². The summed E-state index contributed by atoms with van der Waals surface area (Å²) in [7, 11) is -3.58. The molecule has 1 aliphatic carbocycles. The van der Waals surface area contributed by atoms with Gasteiger partial charge < -0.3 is 9.84 Å². The lowest BCUT2D eigenvalue weighted by Crippen LogP contribution is -2.29. The summed E-state index contributed by atoms with van der Waals surface area (Å²) >= 11 is 0. The van der Waals surface area contributed by atoms with Gasteiger partial charge in [-0.3, -0.25) is 9.78 Å². The molecule has 0 unspecified atom stereocenters. The van der Waals surface area contributed by atoms with Crippen LogP contribution in [0.1, 0.15) is 43.4 Å². The molecular weight excluding hydrogens is 447 g/mol. The first kappa shape index (κ1) is 23.3. The molecule has 1 fully saturated rings. The highest BCUT2D eigenvalue weighted by Crippen LogP contribution is 2.31. The third kappa shape index (κ3) is 6.11. The number of ether oxygens (including phenoxy) is 1. The van der Waals surface area contributed by atoms with Crippen molar-refractivity contribution >= 4 is 20.8 Å². The maximum Gasteiger partial charge on any atom is 0.258 e. The van der Waals surface area contributed by atoms with E-state index >= 15 is 0 Å². The number of hydrogen-bond donors (Lipinski definition) is 3. The smallest absolute Gasteiger partial charge is 0.258 e. The number of H-pyrrole nitrogens is 1. The number of benzene rings is 2. The van der Waals surface area contributed by atoms with Crippen LogP contribution in [0.3, 0.4) is 0 Å². The monoisotopic (exact) mass is 474 g/mol. The highest BCUT2D eigenvalue weighted by Gasteiger charge is 2.23. The Balaban J connectivity index is 1.34. The number of aromatic amines is 1. The zero-order valence-corrected chi connectivity index (χ0v) is 19.1. The molecule has 33 heavy (non-hydrogen) atoms. The van der Waals surface area contributed by atoms with E-state index in [4.69, 9.17) is 4.74 Å². The maximum atomic E-state index is 14.0. The molecule has 0 radical (unpaired) electrons. The minimum Gasteiger partial charge on any atom is -0.494 e. The van der Waals surface area contributed by atoms with Gasteiger partial charge in [-0.2, -0.15) is 0 Å². The average molecular weight is 475 g/mol. The predicted molar refractivity (Wildman–Crippen MR) is 125 cm³/mol. The number of aromatic hydroxyl groups is 1. The van der Waals surface area contributed by atoms with Crippen molar-refractivity contribution in [2.24, 2.45) is 5.92 Å². The molecule has 1 aliphatic rings. The highest BCUT2D eigenvalue weighted by atomic mass is 32.2. The molecule has 176 valence electrons. The third-order valence-electron chi connectivity index (χ3n) is 5.76. The van der Waals surface area contributed by atoms with E-state index in [1.807, 2.05) is 6.07 Å². The third-order valence-corrected chi connectivity index (χ3v) is 7.30. The molecule has 0 amide bonds. The zero-order valence-electron chi connectivity index (χ0n) is 18.3. The Labute approximate surface area is 191 Å². The van der Waals surface area contributed by atoms with Gasteiger partial charge >= 0.3 is 0 Å². The van der Waals surface area contributed by atoms with Gasteiger partial charge in [0.1, 0.15) is 0 Å². The summed E-state index contributed by atoms with van der Waals surface area (Å²) in [4.78, 5) is 14.4. The number of aryl methyl sites for hydroxylation is 1. The Kier molecular flexibility index (Phi) is 6.71. The number of sulfonamides is 1. The molecule has 0 bridgehead atoms. The van der Waals surface area contributed by atoms with Crippen LogP contribution in [0.4, 0.5) is 4.39 Å². The maximum absolute atomic E-state index is 14.0. The standard InChI is InChI=1S/C24H27FN2O5S/c1-15(18-8-9-21(25)22(12-18)32-14-17-4-5-17)27-33(30,31)10-2-3-16-6-7-19-13-23(28)26-24(29)20(19)11-16/h6-9,11-13,15,17,27H,2-5,10,14H2,1H3,(H2,26,28,29)/t15-/m1/s1. The van der Waals surface area contributed by atoms with E-state index in [-0.39, 0.29) is 17.4 Å². The van der Waals surface area contributed by atoms with E-state index in [0.29, 0.717) is 41.7 Å². The normalized spacial score (nSPS) is 15.0. The van der Waals surface area contributed by atoms with Crippen molar-refractivity contribution in [1.29, 1.82) is 0 Å². The van der Waals surface area contributed by atoms with Crippen molar-refractivity contribution in [3.05, 3.63) is 69.8 Å². The van der Waals surface area contributed by atoms with Gasteiger partial charge in [-0.15, -0.1) is 0 Å². The van der Waals surface area contributed by atoms with Gasteiger partial charge in [-0.05, 0) is 73.2 Å². The van der Waals surface area contributed by atoms with E-state index in [2.05, 4.69) is 9.71 Å². The molecule has 0 spiro atoms. The molecule has 2 aromatic carbocycles. The Morgan fingerprint density at radius 2 is 2.00 bits per heavy atom. The number of pyridine rings is 1. The fourth-order valence-electron chi connectivity index (χ4n) is 3.70. The predicted octanol–water partition coefficient (Wildman–Crippen LogP) is 3.77. The van der Waals surface area contributed by atoms with Gasteiger partial charge in [0.15, 0.2) is 17.4 Å². The molecule has 1 aromatic heterocycles. The largest absolute Gasteiger partial charge is 0.494 e. The van der Waals surface area contributed by atoms with Gasteiger partial charge in [0, 0.05) is 17.5 Å². The van der Waals surface area contributed by atoms with Crippen molar-refractivity contribution in [1.82, 2.24) is 9.71 Å². The zero-order chi connectivity index (χ0) is 23.6. The van der Waals surface area contributed by atoms with E-state index in [9.17, 15) is 22.7 Å². The van der Waals surface area contributed by atoms with Crippen LogP contribution < -0.4 is 15.0 Å². The van der Waals surface area contributed by atoms with Crippen molar-refractivity contribution < 1.29 is 22.7 Å². The van der Waals surface area contributed by atoms with E-state index in [0.717, 1.165) is 18.4 Å². The first-order chi connectivity index (χ1) is 15.7. The second kappa shape index (κ2) is 9.52. The van der Waals surface area contributed by atoms with Crippen molar-refractivity contribution in [3.63, 3.8) is 0 Å². The van der Waals surface area contributed by atoms with Crippen LogP contribution in [0.5, 0.6) is 11.6 Å². The van der Waals surface area contributed by atoms with Crippen LogP contribution in [0.25, 0.3) is 10.8 Å². The first-order valence-corrected chi connectivity index (χ1v) is 12.6. The van der Waals surface area contributed by atoms with E-state index in [1.54, 1.807) is 31.2 Å². The fraction of sp³-hybridized carbons (Fsp3) is 0.375. The minimum absolute atomic E-state index is 0.0897. The van der Waals surface area contributed by atoms with E-state index in [1.165, 1.54) is 12.1 Å². The molecule has 1 heterocycles. The van der Waals surface area contributed by atoms with Gasteiger partial charge in [0.2, 0.25) is 10.0 Å². The van der Waals surface area contributed by atoms with Crippen LogP contribution in [-0.4, -0.2) is 30.9 Å². The quantitative estimate of drug-likeness (QED) is 0.415. The van der Waals surface area contributed by atoms with Crippen LogP contribution in [0.15, 0.2) is 47.3 Å². The molecular formula is C24H27FN2O5S. The molecule has 4 rings (SSSR count). The van der Waals surface area contributed by atoms with Gasteiger partial charge in [0.25, 0.3) is 5.56 Å². The summed E-state index contributed by atoms with van der Waals surface area (Å²) in [5.74, 6) is -0.122. The molecule has 3 N–H and O–H groups in total. The number of nitrogens with one attached hydrogen (secondary N) is 2. The van der Waals surface area contributed by atoms with Crippen LogP contribution >= 0.6 is 0 Å². The number of halogens is 1. The highest BCUT2D eigenvalue weighted by molar-refractivity contribution is 7.89. The summed E-state index contributed by atoms with van der Waals surface area (Å²) in [5.41, 5.74) is 1.07. The second-order valence-corrected chi connectivity index (χ2v) is 10.5. The lowest BCUT2D eigenvalue weighted by molar-refractivity contribution is 0.285. The summed E-state index contributed by atoms with van der Waals surface area (Å²) in [6.45, 7) is 2.18. The van der Waals surface area contributed by atoms with Crippen molar-refractivity contribution in [3.8, 4) is 11.6 Å². The number of hydrogen-bond acceptors (Lipinski definition) is 5. The Morgan fingerprint density at radius 3 is 2.76 bits per heavy atom. The van der Waals surface area contributed by atoms with Crippen LogP contribution in [0, 0.1) is 11.7 Å². The number of fused-ring (bicyclic) bond motifs is 1. The Hall–Kier alpha value is -2.91. The molecule has 0 aliphatic heterocycles. The Morgan fingerprint density at radius 1 is 1.21 bits per heavy atom. The topological polar surface area (TPSA) is 108 Å². The summed E-state index contributed by atoms with van der Waals surface area (Å²) in [6.07, 6.45) is 3.03. The van der Waals surface area contributed by atoms with Gasteiger partial charge in [-0.1, -0.05) is 18.2 Å². The molecule has 0 saturated heterocycles. The second-order valence-electron chi connectivity index (χ2n) is 8.61. The fourth-order valence-corrected chi connectivity index (χ4v) is 5.02. The molecule has 1 atom stereocenters. The van der Waals surface area contributed by atoms with Gasteiger partial charge in [-0.25, -0.2) is 17.5 Å². The van der Waals surface area contributed by atoms with Gasteiger partial charge in [0.05, 0.1) is 12.4 Å². The Bertz CT molecular complexity index is 1320. The summed E-state index contributed by atoms with van der Waals surface area (Å²) < 4.78 is 47.4. The number of aromatic nitrogens is 1. The van der Waals surface area contributed by atoms with Crippen molar-refractivity contribution in [2.75, 3.05) is 12.4 Å². The molecule has 7 nitrogen and oxygen atoms in total. The summed E-state index contributed by atoms with van der Waals surface area (Å²) in [5, 5.41) is 10.5. The van der Waals surface area contributed by atoms with Crippen LogP contribution in [0.2, 0.25) is 0 Å². The SMILES string of the molecule is C[C@@H](NS(=O)(=O)CCCc1ccc2cc(O)[nH]c(=O)c2c1)c1ccc(F)c(OCC2CC2)c1. The first-order valence-electron chi connectivity index (χ1n) is 11.0. The average Bonchev–Trinajstić information content (AvgIpc) is 3.57. The molecule has 9 heteroatoms.